The van der Waals surface area contributed by atoms with E-state index in [1.165, 1.54) is 17.7 Å². The molecular weight excluding hydrogens is 460 g/mol. The Morgan fingerprint density at radius 3 is 2.72 bits per heavy atom. The van der Waals surface area contributed by atoms with Gasteiger partial charge in [0, 0.05) is 11.4 Å². The Kier molecular flexibility index (Phi) is 6.24. The van der Waals surface area contributed by atoms with Gasteiger partial charge < -0.3 is 10.6 Å². The Hall–Kier alpha value is -2.86. The lowest BCUT2D eigenvalue weighted by atomic mass is 9.93. The van der Waals surface area contributed by atoms with Crippen LogP contribution < -0.4 is 15.4 Å². The molecule has 2 heterocycles. The first-order valence-electron chi connectivity index (χ1n) is 10.1. The molecule has 1 saturated carbocycles. The van der Waals surface area contributed by atoms with Gasteiger partial charge in [-0.1, -0.05) is 6.92 Å². The minimum absolute atomic E-state index is 0.139. The summed E-state index contributed by atoms with van der Waals surface area (Å²) in [6, 6.07) is 2.19. The summed E-state index contributed by atoms with van der Waals surface area (Å²) in [7, 11) is -3.80. The van der Waals surface area contributed by atoms with Crippen LogP contribution in [0, 0.1) is 11.6 Å². The van der Waals surface area contributed by atoms with Gasteiger partial charge >= 0.3 is 0 Å². The molecule has 32 heavy (non-hydrogen) atoms. The number of carbonyl (C=O) groups is 1. The summed E-state index contributed by atoms with van der Waals surface area (Å²) >= 11 is 1.25. The zero-order valence-corrected chi connectivity index (χ0v) is 18.7. The number of nitrogens with zero attached hydrogens (tertiary/aromatic N) is 2. The van der Waals surface area contributed by atoms with E-state index in [1.807, 2.05) is 0 Å². The summed E-state index contributed by atoms with van der Waals surface area (Å²) in [6.45, 7) is 1.66. The zero-order valence-electron chi connectivity index (χ0n) is 17.1. The third-order valence-electron chi connectivity index (χ3n) is 5.11. The highest BCUT2D eigenvalue weighted by Gasteiger charge is 2.24. The normalized spacial score (nSPS) is 14.2. The standard InChI is InChI=1S/C20H21F2N5O3S2/c1-2-8-32(29,30)27-14-7-6-13(21)17(15(14)22)26-20(28)12-9-31-18-16(12)23-10-24-19(18)25-11-4-3-5-11/h6-7,9-11,27H,2-5,8H2,1H3,(H,26,28)(H,23,24,25). The molecule has 8 nitrogen and oxygen atoms in total. The molecule has 0 unspecified atom stereocenters. The Labute approximate surface area is 187 Å². The van der Waals surface area contributed by atoms with E-state index >= 15 is 0 Å². The molecule has 1 amide bonds. The third-order valence-corrected chi connectivity index (χ3v) is 7.56. The first-order valence-corrected chi connectivity index (χ1v) is 12.6. The molecule has 170 valence electrons. The number of rotatable bonds is 8. The van der Waals surface area contributed by atoms with Gasteiger partial charge in [0.15, 0.2) is 5.82 Å². The summed E-state index contributed by atoms with van der Waals surface area (Å²) in [4.78, 5) is 21.2. The van der Waals surface area contributed by atoms with Crippen LogP contribution in [-0.2, 0) is 10.0 Å². The highest BCUT2D eigenvalue weighted by atomic mass is 32.2. The molecule has 1 fully saturated rings. The van der Waals surface area contributed by atoms with Crippen molar-refractivity contribution in [1.29, 1.82) is 0 Å². The molecule has 2 aromatic heterocycles. The molecule has 4 rings (SSSR count). The van der Waals surface area contributed by atoms with E-state index in [4.69, 9.17) is 0 Å². The predicted molar refractivity (Wildman–Crippen MR) is 121 cm³/mol. The summed E-state index contributed by atoms with van der Waals surface area (Å²) in [5.41, 5.74) is -0.683. The van der Waals surface area contributed by atoms with Crippen LogP contribution in [0.5, 0.6) is 0 Å². The maximum atomic E-state index is 14.9. The number of amides is 1. The number of sulfonamides is 1. The predicted octanol–water partition coefficient (Wildman–Crippen LogP) is 4.34. The van der Waals surface area contributed by atoms with E-state index in [-0.39, 0.29) is 11.3 Å². The molecule has 3 aromatic rings. The number of hydrogen-bond acceptors (Lipinski definition) is 7. The van der Waals surface area contributed by atoms with Gasteiger partial charge in [-0.2, -0.15) is 0 Å². The maximum Gasteiger partial charge on any atom is 0.258 e. The minimum atomic E-state index is -3.80. The third kappa shape index (κ3) is 4.51. The highest BCUT2D eigenvalue weighted by molar-refractivity contribution is 7.92. The van der Waals surface area contributed by atoms with Crippen molar-refractivity contribution in [2.24, 2.45) is 0 Å². The number of thiophene rings is 1. The van der Waals surface area contributed by atoms with E-state index < -0.39 is 38.9 Å². The van der Waals surface area contributed by atoms with Gasteiger partial charge in [0.1, 0.15) is 23.6 Å². The summed E-state index contributed by atoms with van der Waals surface area (Å²) in [5, 5.41) is 7.09. The van der Waals surface area contributed by atoms with Gasteiger partial charge in [0.05, 0.1) is 27.2 Å². The lowest BCUT2D eigenvalue weighted by molar-refractivity contribution is 0.102. The molecular formula is C20H21F2N5O3S2. The lowest BCUT2D eigenvalue weighted by Crippen LogP contribution is -2.27. The van der Waals surface area contributed by atoms with Crippen LogP contribution in [0.15, 0.2) is 23.8 Å². The van der Waals surface area contributed by atoms with Gasteiger partial charge in [-0.05, 0) is 37.8 Å². The van der Waals surface area contributed by atoms with Crippen molar-refractivity contribution in [3.63, 3.8) is 0 Å². The summed E-state index contributed by atoms with van der Waals surface area (Å²) < 4.78 is 55.8. The van der Waals surface area contributed by atoms with Crippen LogP contribution in [0.3, 0.4) is 0 Å². The van der Waals surface area contributed by atoms with Gasteiger partial charge in [0.25, 0.3) is 5.91 Å². The average Bonchev–Trinajstić information content (AvgIpc) is 3.15. The van der Waals surface area contributed by atoms with Crippen molar-refractivity contribution in [2.45, 2.75) is 38.6 Å². The average molecular weight is 482 g/mol. The van der Waals surface area contributed by atoms with Crippen molar-refractivity contribution >= 4 is 54.7 Å². The lowest BCUT2D eigenvalue weighted by Gasteiger charge is -2.26. The van der Waals surface area contributed by atoms with E-state index in [9.17, 15) is 22.0 Å². The monoisotopic (exact) mass is 481 g/mol. The SMILES string of the molecule is CCCS(=O)(=O)Nc1ccc(F)c(NC(=O)c2csc3c(NC4CCC4)ncnc23)c1F. The number of carbonyl (C=O) groups excluding carboxylic acids is 1. The van der Waals surface area contributed by atoms with E-state index in [0.29, 0.717) is 28.5 Å². The van der Waals surface area contributed by atoms with Gasteiger partial charge in [-0.3, -0.25) is 9.52 Å². The Balaban J connectivity index is 1.61. The van der Waals surface area contributed by atoms with Crippen LogP contribution in [0.25, 0.3) is 10.2 Å². The van der Waals surface area contributed by atoms with Crippen molar-refractivity contribution in [3.8, 4) is 0 Å². The Morgan fingerprint density at radius 1 is 1.25 bits per heavy atom. The van der Waals surface area contributed by atoms with Crippen molar-refractivity contribution in [1.82, 2.24) is 9.97 Å². The molecule has 0 aliphatic heterocycles. The molecule has 12 heteroatoms. The fraction of sp³-hybridized carbons (Fsp3) is 0.350. The van der Waals surface area contributed by atoms with E-state index in [0.717, 1.165) is 31.4 Å². The quantitative estimate of drug-likeness (QED) is 0.441. The zero-order chi connectivity index (χ0) is 22.9. The van der Waals surface area contributed by atoms with Crippen LogP contribution in [0.2, 0.25) is 0 Å². The molecule has 1 aliphatic rings. The molecule has 0 saturated heterocycles. The van der Waals surface area contributed by atoms with Crippen LogP contribution in [0.1, 0.15) is 43.0 Å². The molecule has 3 N–H and O–H groups in total. The summed E-state index contributed by atoms with van der Waals surface area (Å²) in [6.07, 6.45) is 4.89. The second kappa shape index (κ2) is 8.94. The Morgan fingerprint density at radius 2 is 2.03 bits per heavy atom. The molecule has 0 spiro atoms. The number of halogens is 2. The number of benzene rings is 1. The van der Waals surface area contributed by atoms with Crippen LogP contribution >= 0.6 is 11.3 Å². The topological polar surface area (TPSA) is 113 Å². The van der Waals surface area contributed by atoms with Crippen molar-refractivity contribution in [2.75, 3.05) is 21.1 Å². The highest BCUT2D eigenvalue weighted by Crippen LogP contribution is 2.33. The van der Waals surface area contributed by atoms with Crippen LogP contribution in [-0.4, -0.2) is 36.1 Å². The van der Waals surface area contributed by atoms with Crippen molar-refractivity contribution < 1.29 is 22.0 Å². The number of hydrogen-bond donors (Lipinski definition) is 3. The summed E-state index contributed by atoms with van der Waals surface area (Å²) in [5.74, 6) is -2.61. The molecule has 0 radical (unpaired) electrons. The number of aromatic nitrogens is 2. The molecule has 0 atom stereocenters. The van der Waals surface area contributed by atoms with Crippen molar-refractivity contribution in [3.05, 3.63) is 41.0 Å². The number of anilines is 3. The molecule has 1 aromatic carbocycles. The number of nitrogens with one attached hydrogen (secondary N) is 3. The minimum Gasteiger partial charge on any atom is -0.366 e. The fourth-order valence-corrected chi connectivity index (χ4v) is 5.36. The fourth-order valence-electron chi connectivity index (χ4n) is 3.27. The second-order valence-corrected chi connectivity index (χ2v) is 10.2. The van der Waals surface area contributed by atoms with Gasteiger partial charge in [0.2, 0.25) is 10.0 Å². The smallest absolute Gasteiger partial charge is 0.258 e. The molecule has 1 aliphatic carbocycles. The first-order chi connectivity index (χ1) is 15.3. The Bertz CT molecular complexity index is 1280. The second-order valence-electron chi connectivity index (χ2n) is 7.48. The largest absolute Gasteiger partial charge is 0.366 e. The first kappa shape index (κ1) is 22.3. The van der Waals surface area contributed by atoms with E-state index in [2.05, 4.69) is 25.3 Å². The van der Waals surface area contributed by atoms with E-state index in [1.54, 1.807) is 12.3 Å². The number of fused-ring (bicyclic) bond motifs is 1. The van der Waals surface area contributed by atoms with Crippen LogP contribution in [0.4, 0.5) is 26.0 Å². The maximum absolute atomic E-state index is 14.9. The van der Waals surface area contributed by atoms with Gasteiger partial charge in [-0.25, -0.2) is 27.2 Å². The molecule has 0 bridgehead atoms. The van der Waals surface area contributed by atoms with Gasteiger partial charge in [-0.15, -0.1) is 11.3 Å².